The third kappa shape index (κ3) is 6.27. The molecule has 6 nitrogen and oxygen atoms in total. The monoisotopic (exact) mass is 280 g/mol. The molecular weight excluding hydrogens is 252 g/mol. The Hall–Kier alpha value is -1.24. The zero-order chi connectivity index (χ0) is 15.1. The van der Waals surface area contributed by atoms with E-state index >= 15 is 0 Å². The van der Waals surface area contributed by atoms with Gasteiger partial charge in [-0.2, -0.15) is 0 Å². The number of likely N-dealkylation sites (N-methyl/N-ethyl adjacent to an activating group) is 1. The van der Waals surface area contributed by atoms with Crippen molar-refractivity contribution in [1.29, 1.82) is 0 Å². The first-order valence-corrected chi connectivity index (χ1v) is 7.09. The van der Waals surface area contributed by atoms with Crippen molar-refractivity contribution < 1.29 is 0 Å². The highest BCUT2D eigenvalue weighted by Crippen LogP contribution is 2.08. The van der Waals surface area contributed by atoms with Gasteiger partial charge in [-0.1, -0.05) is 13.8 Å². The van der Waals surface area contributed by atoms with E-state index in [1.54, 1.807) is 0 Å². The number of rotatable bonds is 8. The topological polar surface area (TPSA) is 70.3 Å². The summed E-state index contributed by atoms with van der Waals surface area (Å²) in [5.74, 6) is 7.54. The normalized spacial score (nSPS) is 11.7. The van der Waals surface area contributed by atoms with Gasteiger partial charge in [0.2, 0.25) is 0 Å². The molecule has 1 aromatic rings. The second-order valence-electron chi connectivity index (χ2n) is 5.89. The van der Waals surface area contributed by atoms with E-state index in [1.165, 1.54) is 0 Å². The molecule has 0 fully saturated rings. The van der Waals surface area contributed by atoms with Crippen LogP contribution in [0.4, 0.5) is 5.82 Å². The third-order valence-corrected chi connectivity index (χ3v) is 2.90. The maximum absolute atomic E-state index is 5.44. The molecule has 0 aromatic carbocycles. The molecule has 6 heteroatoms. The number of nitrogens with one attached hydrogen (secondary N) is 1. The van der Waals surface area contributed by atoms with Gasteiger partial charge >= 0.3 is 0 Å². The molecule has 0 bridgehead atoms. The molecule has 114 valence electrons. The molecule has 3 N–H and O–H groups in total. The fourth-order valence-corrected chi connectivity index (χ4v) is 2.07. The van der Waals surface area contributed by atoms with Crippen molar-refractivity contribution in [1.82, 2.24) is 19.8 Å². The van der Waals surface area contributed by atoms with Crippen LogP contribution >= 0.6 is 0 Å². The molecule has 1 rings (SSSR count). The Bertz CT molecular complexity index is 405. The van der Waals surface area contributed by atoms with Crippen LogP contribution in [0.1, 0.15) is 25.4 Å². The zero-order valence-electron chi connectivity index (χ0n) is 13.3. The number of hydrazine groups is 1. The minimum atomic E-state index is 0.620. The van der Waals surface area contributed by atoms with Gasteiger partial charge < -0.3 is 10.3 Å². The Morgan fingerprint density at radius 3 is 2.50 bits per heavy atom. The van der Waals surface area contributed by atoms with Crippen molar-refractivity contribution in [2.45, 2.75) is 27.3 Å². The molecule has 1 heterocycles. The van der Waals surface area contributed by atoms with Crippen LogP contribution in [0, 0.1) is 12.8 Å². The van der Waals surface area contributed by atoms with E-state index in [4.69, 9.17) is 5.84 Å². The van der Waals surface area contributed by atoms with Gasteiger partial charge in [0.25, 0.3) is 0 Å². The molecule has 1 aromatic heterocycles. The highest BCUT2D eigenvalue weighted by atomic mass is 15.3. The summed E-state index contributed by atoms with van der Waals surface area (Å²) in [6.07, 6.45) is 0. The minimum Gasteiger partial charge on any atom is -0.308 e. The maximum atomic E-state index is 5.44. The number of hydrogen-bond donors (Lipinski definition) is 2. The number of nitrogen functional groups attached to an aromatic ring is 1. The van der Waals surface area contributed by atoms with Gasteiger partial charge in [0.15, 0.2) is 0 Å². The summed E-state index contributed by atoms with van der Waals surface area (Å²) in [5, 5.41) is 0. The first kappa shape index (κ1) is 16.8. The summed E-state index contributed by atoms with van der Waals surface area (Å²) in [5.41, 5.74) is 3.53. The fraction of sp³-hybridized carbons (Fsp3) is 0.714. The van der Waals surface area contributed by atoms with Crippen molar-refractivity contribution in [3.8, 4) is 0 Å². The van der Waals surface area contributed by atoms with Gasteiger partial charge in [-0.05, 0) is 26.9 Å². The Labute approximate surface area is 122 Å². The van der Waals surface area contributed by atoms with Gasteiger partial charge in [-0.15, -0.1) is 0 Å². The molecule has 0 radical (unpaired) electrons. The van der Waals surface area contributed by atoms with Gasteiger partial charge in [0.1, 0.15) is 11.6 Å². The Kier molecular flexibility index (Phi) is 6.84. The van der Waals surface area contributed by atoms with Crippen LogP contribution < -0.4 is 11.3 Å². The van der Waals surface area contributed by atoms with Crippen LogP contribution in [-0.2, 0) is 6.54 Å². The summed E-state index contributed by atoms with van der Waals surface area (Å²) in [6.45, 7) is 10.2. The summed E-state index contributed by atoms with van der Waals surface area (Å²) < 4.78 is 0. The average Bonchev–Trinajstić information content (AvgIpc) is 2.34. The molecule has 0 amide bonds. The quantitative estimate of drug-likeness (QED) is 0.549. The molecule has 0 spiro atoms. The predicted molar refractivity (Wildman–Crippen MR) is 83.2 cm³/mol. The van der Waals surface area contributed by atoms with Crippen molar-refractivity contribution in [3.05, 3.63) is 17.6 Å². The zero-order valence-corrected chi connectivity index (χ0v) is 13.3. The minimum absolute atomic E-state index is 0.620. The van der Waals surface area contributed by atoms with E-state index < -0.39 is 0 Å². The van der Waals surface area contributed by atoms with Crippen LogP contribution in [0.3, 0.4) is 0 Å². The van der Waals surface area contributed by atoms with E-state index in [1.807, 2.05) is 13.0 Å². The van der Waals surface area contributed by atoms with Crippen LogP contribution in [0.15, 0.2) is 6.07 Å². The van der Waals surface area contributed by atoms with E-state index in [0.717, 1.165) is 37.7 Å². The van der Waals surface area contributed by atoms with Crippen LogP contribution in [0.5, 0.6) is 0 Å². The van der Waals surface area contributed by atoms with E-state index in [9.17, 15) is 0 Å². The molecule has 0 atom stereocenters. The second kappa shape index (κ2) is 8.14. The third-order valence-electron chi connectivity index (χ3n) is 2.90. The summed E-state index contributed by atoms with van der Waals surface area (Å²) in [6, 6.07) is 1.84. The molecule has 0 aliphatic carbocycles. The van der Waals surface area contributed by atoms with Gasteiger partial charge in [0.05, 0.1) is 6.54 Å². The van der Waals surface area contributed by atoms with Crippen LogP contribution in [0.2, 0.25) is 0 Å². The number of nitrogens with zero attached hydrogens (tertiary/aromatic N) is 4. The molecule has 0 aliphatic heterocycles. The maximum Gasteiger partial charge on any atom is 0.145 e. The van der Waals surface area contributed by atoms with Gasteiger partial charge in [-0.3, -0.25) is 4.90 Å². The second-order valence-corrected chi connectivity index (χ2v) is 5.89. The Morgan fingerprint density at radius 2 is 1.95 bits per heavy atom. The van der Waals surface area contributed by atoms with Crippen molar-refractivity contribution in [3.63, 3.8) is 0 Å². The highest BCUT2D eigenvalue weighted by molar-refractivity contribution is 5.33. The smallest absolute Gasteiger partial charge is 0.145 e. The number of aryl methyl sites for hydroxylation is 1. The Balaban J connectivity index is 2.74. The Morgan fingerprint density at radius 1 is 1.25 bits per heavy atom. The van der Waals surface area contributed by atoms with Crippen molar-refractivity contribution >= 4 is 5.82 Å². The molecule has 0 aliphatic rings. The highest BCUT2D eigenvalue weighted by Gasteiger charge is 2.11. The number of nitrogens with two attached hydrogens (primary N) is 1. The standard InChI is InChI=1S/C14H28N6/c1-11(2)9-20(7-6-19(4)5)10-14-16-12(3)8-13(17-14)18-15/h8,11H,6-7,9-10,15H2,1-5H3,(H,16,17,18). The lowest BCUT2D eigenvalue weighted by Crippen LogP contribution is -2.34. The molecule has 0 saturated heterocycles. The van der Waals surface area contributed by atoms with E-state index in [2.05, 4.69) is 53.1 Å². The van der Waals surface area contributed by atoms with E-state index in [0.29, 0.717) is 11.7 Å². The number of hydrogen-bond acceptors (Lipinski definition) is 6. The molecular formula is C14H28N6. The van der Waals surface area contributed by atoms with Gasteiger partial charge in [-0.25, -0.2) is 15.8 Å². The van der Waals surface area contributed by atoms with Crippen molar-refractivity contribution in [2.75, 3.05) is 39.2 Å². The summed E-state index contributed by atoms with van der Waals surface area (Å²) >= 11 is 0. The number of anilines is 1. The van der Waals surface area contributed by atoms with Crippen LogP contribution in [-0.4, -0.2) is 53.5 Å². The molecule has 0 unspecified atom stereocenters. The first-order valence-electron chi connectivity index (χ1n) is 7.09. The fourth-order valence-electron chi connectivity index (χ4n) is 2.07. The van der Waals surface area contributed by atoms with Crippen LogP contribution in [0.25, 0.3) is 0 Å². The van der Waals surface area contributed by atoms with Gasteiger partial charge in [0, 0.05) is 31.4 Å². The predicted octanol–water partition coefficient (Wildman–Crippen LogP) is 1.09. The largest absolute Gasteiger partial charge is 0.308 e. The summed E-state index contributed by atoms with van der Waals surface area (Å²) in [4.78, 5) is 13.5. The lowest BCUT2D eigenvalue weighted by molar-refractivity contribution is 0.207. The number of aromatic nitrogens is 2. The van der Waals surface area contributed by atoms with Crippen molar-refractivity contribution in [2.24, 2.45) is 11.8 Å². The lowest BCUT2D eigenvalue weighted by Gasteiger charge is -2.25. The molecule has 20 heavy (non-hydrogen) atoms. The van der Waals surface area contributed by atoms with E-state index in [-0.39, 0.29) is 0 Å². The summed E-state index contributed by atoms with van der Waals surface area (Å²) in [7, 11) is 4.18. The lowest BCUT2D eigenvalue weighted by atomic mass is 10.2. The average molecular weight is 280 g/mol. The SMILES string of the molecule is Cc1cc(NN)nc(CN(CCN(C)C)CC(C)C)n1. The first-order chi connectivity index (χ1) is 9.40. The molecule has 0 saturated carbocycles.